The fraction of sp³-hybridized carbons (Fsp3) is 0.667. The monoisotopic (exact) mass is 126 g/mol. The standard InChI is InChI=1S/C3H6N2.K.H2O/c1-2-5-3-4;;/h4H,2H2,1H3;;1H2/q;+1;/p-1. The number of hydrogen-bond acceptors (Lipinski definition) is 3. The third kappa shape index (κ3) is 19.5. The summed E-state index contributed by atoms with van der Waals surface area (Å²) in [5.41, 5.74) is 0. The number of aliphatic imine (C=N–C) groups is 1. The second-order valence-electron chi connectivity index (χ2n) is 0.586. The van der Waals surface area contributed by atoms with Crippen molar-refractivity contribution >= 4 is 6.01 Å². The molecule has 0 saturated carbocycles. The SMILES string of the molecule is CCN=C=N.[K+].[OH-]. The Balaban J connectivity index is -0.0000000800. The van der Waals surface area contributed by atoms with Gasteiger partial charge in [0.2, 0.25) is 0 Å². The Morgan fingerprint density at radius 2 is 2.14 bits per heavy atom. The molecular weight excluding hydrogens is 119 g/mol. The van der Waals surface area contributed by atoms with Gasteiger partial charge >= 0.3 is 51.4 Å². The van der Waals surface area contributed by atoms with Crippen molar-refractivity contribution in [1.29, 1.82) is 5.41 Å². The van der Waals surface area contributed by atoms with Gasteiger partial charge < -0.3 is 5.48 Å². The van der Waals surface area contributed by atoms with Crippen LogP contribution in [0.2, 0.25) is 0 Å². The molecule has 0 aliphatic heterocycles. The molecule has 36 valence electrons. The molecule has 2 N–H and O–H groups in total. The summed E-state index contributed by atoms with van der Waals surface area (Å²) in [6.45, 7) is 2.53. The van der Waals surface area contributed by atoms with Crippen LogP contribution in [0.3, 0.4) is 0 Å². The minimum Gasteiger partial charge on any atom is -0.870 e. The minimum atomic E-state index is 0. The Morgan fingerprint density at radius 3 is 2.14 bits per heavy atom. The van der Waals surface area contributed by atoms with Crippen molar-refractivity contribution in [2.75, 3.05) is 6.54 Å². The minimum absolute atomic E-state index is 0. The second kappa shape index (κ2) is 15.8. The van der Waals surface area contributed by atoms with E-state index in [1.54, 1.807) is 0 Å². The molecule has 0 radical (unpaired) electrons. The largest absolute Gasteiger partial charge is 1.00 e. The maximum atomic E-state index is 6.19. The van der Waals surface area contributed by atoms with Crippen LogP contribution < -0.4 is 51.4 Å². The van der Waals surface area contributed by atoms with Crippen molar-refractivity contribution in [3.8, 4) is 0 Å². The molecule has 4 heteroatoms. The summed E-state index contributed by atoms with van der Waals surface area (Å²) in [5, 5.41) is 6.19. The topological polar surface area (TPSA) is 66.2 Å². The first-order valence-corrected chi connectivity index (χ1v) is 1.50. The molecule has 0 atom stereocenters. The molecule has 0 spiro atoms. The van der Waals surface area contributed by atoms with E-state index in [1.165, 1.54) is 0 Å². The molecule has 0 aromatic heterocycles. The summed E-state index contributed by atoms with van der Waals surface area (Å²) in [7, 11) is 0. The van der Waals surface area contributed by atoms with Crippen molar-refractivity contribution in [2.24, 2.45) is 4.99 Å². The summed E-state index contributed by atoms with van der Waals surface area (Å²) in [4.78, 5) is 3.39. The quantitative estimate of drug-likeness (QED) is 0.308. The van der Waals surface area contributed by atoms with E-state index in [0.717, 1.165) is 0 Å². The fourth-order valence-electron chi connectivity index (χ4n) is 0.0791. The van der Waals surface area contributed by atoms with Crippen molar-refractivity contribution in [1.82, 2.24) is 0 Å². The van der Waals surface area contributed by atoms with Crippen LogP contribution in [0.1, 0.15) is 6.92 Å². The average molecular weight is 126 g/mol. The summed E-state index contributed by atoms with van der Waals surface area (Å²) < 4.78 is 0. The Kier molecular flexibility index (Phi) is 35.3. The van der Waals surface area contributed by atoms with Gasteiger partial charge in [-0.05, 0) is 6.92 Å². The van der Waals surface area contributed by atoms with Crippen LogP contribution >= 0.6 is 0 Å². The van der Waals surface area contributed by atoms with Gasteiger partial charge in [-0.25, -0.2) is 10.4 Å². The van der Waals surface area contributed by atoms with Crippen molar-refractivity contribution < 1.29 is 56.9 Å². The fourth-order valence-corrected chi connectivity index (χ4v) is 0.0791. The zero-order valence-corrected chi connectivity index (χ0v) is 7.72. The molecule has 3 nitrogen and oxygen atoms in total. The van der Waals surface area contributed by atoms with E-state index in [-0.39, 0.29) is 56.9 Å². The van der Waals surface area contributed by atoms with Crippen LogP contribution in [0.25, 0.3) is 0 Å². The normalized spacial score (nSPS) is 4.14. The van der Waals surface area contributed by atoms with Crippen LogP contribution in [0, 0.1) is 5.41 Å². The Labute approximate surface area is 85.5 Å². The predicted molar refractivity (Wildman–Crippen MR) is 22.6 cm³/mol. The smallest absolute Gasteiger partial charge is 0.870 e. The van der Waals surface area contributed by atoms with E-state index in [9.17, 15) is 0 Å². The Morgan fingerprint density at radius 1 is 1.71 bits per heavy atom. The molecule has 0 saturated heterocycles. The summed E-state index contributed by atoms with van der Waals surface area (Å²) >= 11 is 0. The van der Waals surface area contributed by atoms with Crippen molar-refractivity contribution in [3.63, 3.8) is 0 Å². The van der Waals surface area contributed by atoms with E-state index < -0.39 is 0 Å². The van der Waals surface area contributed by atoms with Gasteiger partial charge in [0.25, 0.3) is 0 Å². The maximum Gasteiger partial charge on any atom is 1.00 e. The van der Waals surface area contributed by atoms with Gasteiger partial charge in [-0.15, -0.1) is 0 Å². The zero-order chi connectivity index (χ0) is 4.12. The van der Waals surface area contributed by atoms with Crippen LogP contribution in [0.15, 0.2) is 4.99 Å². The number of nitrogens with one attached hydrogen (secondary N) is 1. The van der Waals surface area contributed by atoms with Gasteiger partial charge in [-0.3, -0.25) is 0 Å². The predicted octanol–water partition coefficient (Wildman–Crippen LogP) is -2.41. The molecule has 0 amide bonds. The maximum absolute atomic E-state index is 6.19. The molecular formula is C3H7KN2O. The number of rotatable bonds is 1. The molecule has 0 fully saturated rings. The first kappa shape index (κ1) is 15.7. The molecule has 0 rings (SSSR count). The van der Waals surface area contributed by atoms with Gasteiger partial charge in [0.1, 0.15) is 0 Å². The molecule has 0 unspecified atom stereocenters. The van der Waals surface area contributed by atoms with Crippen LogP contribution in [-0.2, 0) is 0 Å². The van der Waals surface area contributed by atoms with E-state index in [2.05, 4.69) is 4.99 Å². The first-order chi connectivity index (χ1) is 2.41. The van der Waals surface area contributed by atoms with Gasteiger partial charge in [0, 0.05) is 6.54 Å². The first-order valence-electron chi connectivity index (χ1n) is 1.50. The van der Waals surface area contributed by atoms with Gasteiger partial charge in [-0.2, -0.15) is 0 Å². The third-order valence-electron chi connectivity index (χ3n) is 0.237. The molecule has 0 aromatic rings. The Hall–Kier alpha value is 0.976. The van der Waals surface area contributed by atoms with E-state index in [0.29, 0.717) is 6.54 Å². The molecule has 0 bridgehead atoms. The summed E-state index contributed by atoms with van der Waals surface area (Å²) in [6, 6.07) is 1.89. The number of hydrogen-bond donors (Lipinski definition) is 1. The average Bonchev–Trinajstić information content (AvgIpc) is 1.41. The van der Waals surface area contributed by atoms with Crippen molar-refractivity contribution in [3.05, 3.63) is 0 Å². The van der Waals surface area contributed by atoms with Crippen molar-refractivity contribution in [2.45, 2.75) is 6.92 Å². The second-order valence-corrected chi connectivity index (χ2v) is 0.586. The van der Waals surface area contributed by atoms with Crippen LogP contribution in [0.4, 0.5) is 0 Å². The third-order valence-corrected chi connectivity index (χ3v) is 0.237. The number of nitrogens with zero attached hydrogens (tertiary/aromatic N) is 1. The molecule has 0 aromatic carbocycles. The van der Waals surface area contributed by atoms with Crippen LogP contribution in [0.5, 0.6) is 0 Å². The zero-order valence-electron chi connectivity index (χ0n) is 4.60. The van der Waals surface area contributed by atoms with E-state index >= 15 is 0 Å². The molecule has 7 heavy (non-hydrogen) atoms. The van der Waals surface area contributed by atoms with E-state index in [4.69, 9.17) is 5.41 Å². The molecule has 0 aliphatic rings. The molecule has 0 heterocycles. The summed E-state index contributed by atoms with van der Waals surface area (Å²) in [6.07, 6.45) is 0. The van der Waals surface area contributed by atoms with E-state index in [1.807, 2.05) is 12.9 Å². The Bertz CT molecular complexity index is 60.0. The van der Waals surface area contributed by atoms with Gasteiger partial charge in [0.15, 0.2) is 0 Å². The summed E-state index contributed by atoms with van der Waals surface area (Å²) in [5.74, 6) is 0. The molecule has 0 aliphatic carbocycles. The van der Waals surface area contributed by atoms with Gasteiger partial charge in [0.05, 0.1) is 6.01 Å². The van der Waals surface area contributed by atoms with Gasteiger partial charge in [-0.1, -0.05) is 0 Å². The van der Waals surface area contributed by atoms with Crippen LogP contribution in [-0.4, -0.2) is 18.0 Å².